The second-order valence-corrected chi connectivity index (χ2v) is 5.29. The minimum absolute atomic E-state index is 0.0831. The summed E-state index contributed by atoms with van der Waals surface area (Å²) in [5.41, 5.74) is 0.0404. The summed E-state index contributed by atoms with van der Waals surface area (Å²) < 4.78 is 28.2. The van der Waals surface area contributed by atoms with Crippen LogP contribution in [0.5, 0.6) is 0 Å². The zero-order chi connectivity index (χ0) is 12.3. The van der Waals surface area contributed by atoms with Crippen molar-refractivity contribution in [1.29, 1.82) is 5.26 Å². The number of anilines is 1. The van der Waals surface area contributed by atoms with Gasteiger partial charge in [0.2, 0.25) is 10.0 Å². The molecule has 9 heteroatoms. The van der Waals surface area contributed by atoms with Crippen molar-refractivity contribution in [2.45, 2.75) is 6.92 Å². The number of nitrogens with zero attached hydrogens (tertiary/aromatic N) is 2. The molecular weight excluding hydrogens is 254 g/mol. The predicted octanol–water partition coefficient (Wildman–Crippen LogP) is 0.415. The lowest BCUT2D eigenvalue weighted by Gasteiger charge is -2.02. The van der Waals surface area contributed by atoms with E-state index in [-0.39, 0.29) is 16.3 Å². The molecule has 0 spiro atoms. The average Bonchev–Trinajstić information content (AvgIpc) is 2.45. The molecule has 0 aromatic carbocycles. The zero-order valence-corrected chi connectivity index (χ0v) is 9.72. The molecule has 0 aliphatic carbocycles. The molecule has 1 aromatic rings. The monoisotopic (exact) mass is 261 g/mol. The van der Waals surface area contributed by atoms with E-state index < -0.39 is 21.7 Å². The van der Waals surface area contributed by atoms with Gasteiger partial charge in [-0.1, -0.05) is 0 Å². The maximum Gasteiger partial charge on any atom is 0.340 e. The van der Waals surface area contributed by atoms with Crippen LogP contribution < -0.4 is 4.72 Å². The van der Waals surface area contributed by atoms with Crippen LogP contribution >= 0.6 is 11.5 Å². The van der Waals surface area contributed by atoms with Gasteiger partial charge in [-0.05, 0) is 18.5 Å². The Morgan fingerprint density at radius 3 is 2.81 bits per heavy atom. The van der Waals surface area contributed by atoms with Crippen molar-refractivity contribution in [3.63, 3.8) is 0 Å². The fourth-order valence-electron chi connectivity index (χ4n) is 0.954. The Morgan fingerprint density at radius 1 is 1.69 bits per heavy atom. The summed E-state index contributed by atoms with van der Waals surface area (Å²) in [5, 5.41) is 17.0. The third kappa shape index (κ3) is 2.68. The highest BCUT2D eigenvalue weighted by atomic mass is 32.2. The molecule has 1 rings (SSSR count). The first-order valence-corrected chi connectivity index (χ1v) is 6.37. The normalized spacial score (nSPS) is 10.8. The number of aromatic carboxylic acids is 1. The Morgan fingerprint density at radius 2 is 2.31 bits per heavy atom. The van der Waals surface area contributed by atoms with Crippen LogP contribution in [-0.4, -0.2) is 29.6 Å². The number of nitrogens with one attached hydrogen (secondary N) is 1. The first-order valence-electron chi connectivity index (χ1n) is 3.94. The van der Waals surface area contributed by atoms with Gasteiger partial charge >= 0.3 is 5.97 Å². The molecule has 0 fully saturated rings. The van der Waals surface area contributed by atoms with Crippen molar-refractivity contribution in [1.82, 2.24) is 4.37 Å². The lowest BCUT2D eigenvalue weighted by atomic mass is 10.2. The molecule has 2 N–H and O–H groups in total. The lowest BCUT2D eigenvalue weighted by molar-refractivity contribution is 0.0697. The summed E-state index contributed by atoms with van der Waals surface area (Å²) in [6.45, 7) is 1.46. The van der Waals surface area contributed by atoms with Gasteiger partial charge in [-0.15, -0.1) is 0 Å². The Bertz CT molecular complexity index is 555. The minimum Gasteiger partial charge on any atom is -0.478 e. The molecule has 0 aliphatic rings. The van der Waals surface area contributed by atoms with Crippen molar-refractivity contribution >= 4 is 32.5 Å². The first-order chi connectivity index (χ1) is 7.37. The van der Waals surface area contributed by atoms with E-state index in [1.807, 2.05) is 4.72 Å². The number of hydrogen-bond donors (Lipinski definition) is 2. The highest BCUT2D eigenvalue weighted by molar-refractivity contribution is 7.93. The smallest absolute Gasteiger partial charge is 0.340 e. The molecule has 0 unspecified atom stereocenters. The topological polar surface area (TPSA) is 120 Å². The second kappa shape index (κ2) is 4.46. The van der Waals surface area contributed by atoms with Gasteiger partial charge in [-0.2, -0.15) is 9.64 Å². The van der Waals surface area contributed by atoms with Crippen molar-refractivity contribution in [2.75, 3.05) is 10.5 Å². The van der Waals surface area contributed by atoms with Gasteiger partial charge in [-0.3, -0.25) is 4.72 Å². The Kier molecular flexibility index (Phi) is 3.46. The van der Waals surface area contributed by atoms with Crippen LogP contribution in [0.2, 0.25) is 0 Å². The quantitative estimate of drug-likeness (QED) is 0.810. The minimum atomic E-state index is -3.83. The zero-order valence-electron chi connectivity index (χ0n) is 8.09. The van der Waals surface area contributed by atoms with E-state index in [4.69, 9.17) is 10.4 Å². The Hall–Kier alpha value is -1.66. The molecule has 1 heterocycles. The van der Waals surface area contributed by atoms with Gasteiger partial charge in [0.1, 0.15) is 10.6 Å². The van der Waals surface area contributed by atoms with E-state index >= 15 is 0 Å². The van der Waals surface area contributed by atoms with Gasteiger partial charge in [0.15, 0.2) is 5.75 Å². The molecule has 0 saturated carbocycles. The Labute approximate surface area is 95.6 Å². The number of carboxylic acids is 1. The fourth-order valence-corrected chi connectivity index (χ4v) is 2.76. The van der Waals surface area contributed by atoms with E-state index in [1.54, 1.807) is 0 Å². The highest BCUT2D eigenvalue weighted by Gasteiger charge is 2.21. The van der Waals surface area contributed by atoms with Crippen LogP contribution in [0, 0.1) is 18.3 Å². The maximum atomic E-state index is 11.2. The van der Waals surface area contributed by atoms with E-state index in [2.05, 4.69) is 4.37 Å². The highest BCUT2D eigenvalue weighted by Crippen LogP contribution is 2.25. The van der Waals surface area contributed by atoms with Crippen LogP contribution in [0.3, 0.4) is 0 Å². The Balaban J connectivity index is 3.09. The summed E-state index contributed by atoms with van der Waals surface area (Å²) in [7, 11) is -3.83. The van der Waals surface area contributed by atoms with Crippen LogP contribution in [0.4, 0.5) is 5.00 Å². The summed E-state index contributed by atoms with van der Waals surface area (Å²) in [5.74, 6) is -2.00. The molecule has 0 saturated heterocycles. The number of aryl methyl sites for hydroxylation is 1. The second-order valence-electron chi connectivity index (χ2n) is 2.80. The third-order valence-corrected chi connectivity index (χ3v) is 3.59. The molecule has 0 aliphatic heterocycles. The lowest BCUT2D eigenvalue weighted by Crippen LogP contribution is -2.16. The van der Waals surface area contributed by atoms with E-state index in [0.717, 1.165) is 11.5 Å². The molecule has 0 radical (unpaired) electrons. The molecule has 7 nitrogen and oxygen atoms in total. The molecule has 0 amide bonds. The van der Waals surface area contributed by atoms with Crippen molar-refractivity contribution < 1.29 is 18.3 Å². The number of carbonyl (C=O) groups is 1. The summed E-state index contributed by atoms with van der Waals surface area (Å²) in [6, 6.07) is 1.47. The van der Waals surface area contributed by atoms with Crippen LogP contribution in [-0.2, 0) is 10.0 Å². The molecule has 0 atom stereocenters. The predicted molar refractivity (Wildman–Crippen MR) is 56.8 cm³/mol. The number of rotatable bonds is 4. The van der Waals surface area contributed by atoms with Crippen molar-refractivity contribution in [2.24, 2.45) is 0 Å². The van der Waals surface area contributed by atoms with Crippen LogP contribution in [0.25, 0.3) is 0 Å². The van der Waals surface area contributed by atoms with E-state index in [0.29, 0.717) is 0 Å². The third-order valence-electron chi connectivity index (χ3n) is 1.58. The van der Waals surface area contributed by atoms with Gasteiger partial charge in [0.05, 0.1) is 11.8 Å². The molecule has 16 heavy (non-hydrogen) atoms. The van der Waals surface area contributed by atoms with Gasteiger partial charge in [0, 0.05) is 0 Å². The molecule has 86 valence electrons. The van der Waals surface area contributed by atoms with E-state index in [1.165, 1.54) is 13.0 Å². The molecule has 1 aromatic heterocycles. The van der Waals surface area contributed by atoms with Gasteiger partial charge in [0.25, 0.3) is 0 Å². The number of nitriles is 1. The number of hydrogen-bond acceptors (Lipinski definition) is 6. The van der Waals surface area contributed by atoms with Gasteiger partial charge < -0.3 is 5.11 Å². The van der Waals surface area contributed by atoms with E-state index in [9.17, 15) is 13.2 Å². The average molecular weight is 261 g/mol. The number of aromatic nitrogens is 1. The summed E-state index contributed by atoms with van der Waals surface area (Å²) >= 11 is 0.727. The van der Waals surface area contributed by atoms with Crippen molar-refractivity contribution in [3.8, 4) is 6.07 Å². The van der Waals surface area contributed by atoms with Crippen LogP contribution in [0.1, 0.15) is 16.1 Å². The standard InChI is InChI=1S/C7H7N3O4S2/c1-4-5(7(11)12)6(15-9-4)10-16(13,14)3-2-8/h10H,3H2,1H3,(H,11,12). The fraction of sp³-hybridized carbons (Fsp3) is 0.286. The first kappa shape index (κ1) is 12.4. The summed E-state index contributed by atoms with van der Waals surface area (Å²) in [6.07, 6.45) is 0. The van der Waals surface area contributed by atoms with Crippen LogP contribution in [0.15, 0.2) is 0 Å². The summed E-state index contributed by atoms with van der Waals surface area (Å²) in [4.78, 5) is 10.8. The maximum absolute atomic E-state index is 11.2. The molecular formula is C7H7N3O4S2. The number of sulfonamides is 1. The van der Waals surface area contributed by atoms with Crippen molar-refractivity contribution in [3.05, 3.63) is 11.3 Å². The van der Waals surface area contributed by atoms with Gasteiger partial charge in [-0.25, -0.2) is 13.2 Å². The SMILES string of the molecule is Cc1nsc(NS(=O)(=O)CC#N)c1C(=O)O. The largest absolute Gasteiger partial charge is 0.478 e. The number of carboxylic acid groups (broad SMARTS) is 1. The molecule has 0 bridgehead atoms.